The number of hydrogen-bond acceptors (Lipinski definition) is 7. The molecule has 10 heteroatoms. The van der Waals surface area contributed by atoms with Crippen LogP contribution in [-0.4, -0.2) is 55.6 Å². The molecule has 2 saturated carbocycles. The van der Waals surface area contributed by atoms with Crippen LogP contribution in [0.4, 0.5) is 11.5 Å². The van der Waals surface area contributed by atoms with Crippen LogP contribution in [0.15, 0.2) is 54.6 Å². The van der Waals surface area contributed by atoms with Crippen molar-refractivity contribution >= 4 is 39.5 Å². The number of rotatable bonds is 8. The van der Waals surface area contributed by atoms with E-state index in [-0.39, 0.29) is 18.0 Å². The molecular formula is C34H38N8O2. The average molecular weight is 591 g/mol. The van der Waals surface area contributed by atoms with Crippen LogP contribution in [0.5, 0.6) is 5.75 Å². The van der Waals surface area contributed by atoms with Gasteiger partial charge in [0.2, 0.25) is 0 Å². The summed E-state index contributed by atoms with van der Waals surface area (Å²) >= 11 is 0. The van der Waals surface area contributed by atoms with Crippen molar-refractivity contribution in [3.63, 3.8) is 0 Å². The number of nitrogens with two attached hydrogens (primary N) is 2. The summed E-state index contributed by atoms with van der Waals surface area (Å²) in [5.74, 6) is 3.25. The number of benzene rings is 2. The summed E-state index contributed by atoms with van der Waals surface area (Å²) in [5, 5.41) is 4.51. The molecule has 4 heterocycles. The summed E-state index contributed by atoms with van der Waals surface area (Å²) in [7, 11) is 3.66. The van der Waals surface area contributed by atoms with Gasteiger partial charge in [-0.05, 0) is 85.5 Å². The standard InChI is InChI=1S/C34H38N8O2/c1-40-31-25(13-23(15-28(31)44-2)34(43)42-18-22-8-10-26(42)30(22)36)38-33(40)27-14-21-9-11-29(37-24-5-3-4-20(12-24)16-35)39-32(21)41(27)17-19-6-7-19/h3-5,9,11-15,19,22,26,30H,6-8,10,16-18,35-36H2,1-2H3,(H,37,39)/t22-,26-,30-/m1/s1. The fourth-order valence-corrected chi connectivity index (χ4v) is 7.32. The fourth-order valence-electron chi connectivity index (χ4n) is 7.32. The number of likely N-dealkylation sites (tertiary alicyclic amines) is 1. The van der Waals surface area contributed by atoms with E-state index in [9.17, 15) is 4.79 Å². The van der Waals surface area contributed by atoms with Gasteiger partial charge in [-0.1, -0.05) is 12.1 Å². The van der Waals surface area contributed by atoms with Crippen molar-refractivity contribution in [2.24, 2.45) is 30.4 Å². The van der Waals surface area contributed by atoms with E-state index in [1.807, 2.05) is 48.3 Å². The van der Waals surface area contributed by atoms with E-state index in [1.54, 1.807) is 7.11 Å². The zero-order valence-corrected chi connectivity index (χ0v) is 25.2. The molecular weight excluding hydrogens is 552 g/mol. The number of carbonyl (C=O) groups is 1. The second kappa shape index (κ2) is 10.3. The second-order valence-corrected chi connectivity index (χ2v) is 12.7. The molecule has 1 saturated heterocycles. The Kier molecular flexibility index (Phi) is 6.39. The minimum absolute atomic E-state index is 0.00382. The first-order valence-electron chi connectivity index (χ1n) is 15.6. The smallest absolute Gasteiger partial charge is 0.254 e. The number of aromatic nitrogens is 4. The zero-order chi connectivity index (χ0) is 30.1. The Labute approximate surface area is 256 Å². The molecule has 3 aromatic heterocycles. The van der Waals surface area contributed by atoms with Crippen molar-refractivity contribution in [3.05, 3.63) is 65.7 Å². The first kappa shape index (κ1) is 27.2. The Bertz CT molecular complexity index is 1920. The number of nitrogens with zero attached hydrogens (tertiary/aromatic N) is 5. The van der Waals surface area contributed by atoms with E-state index in [0.29, 0.717) is 29.7 Å². The molecule has 5 N–H and O–H groups in total. The third kappa shape index (κ3) is 4.43. The Morgan fingerprint density at radius 1 is 1.07 bits per heavy atom. The highest BCUT2D eigenvalue weighted by Crippen LogP contribution is 2.40. The highest BCUT2D eigenvalue weighted by Gasteiger charge is 2.47. The van der Waals surface area contributed by atoms with E-state index in [4.69, 9.17) is 26.2 Å². The zero-order valence-electron chi connectivity index (χ0n) is 25.2. The van der Waals surface area contributed by atoms with Crippen molar-refractivity contribution in [3.8, 4) is 17.3 Å². The maximum atomic E-state index is 13.7. The van der Waals surface area contributed by atoms with E-state index < -0.39 is 0 Å². The molecule has 2 aromatic carbocycles. The number of piperidine rings is 1. The Morgan fingerprint density at radius 3 is 2.66 bits per heavy atom. The molecule has 1 amide bonds. The van der Waals surface area contributed by atoms with Crippen molar-refractivity contribution in [2.75, 3.05) is 19.0 Å². The minimum atomic E-state index is 0.00382. The number of methoxy groups -OCH3 is 1. The number of amides is 1. The molecule has 8 rings (SSSR count). The number of fused-ring (bicyclic) bond motifs is 4. The summed E-state index contributed by atoms with van der Waals surface area (Å²) in [4.78, 5) is 25.9. The topological polar surface area (TPSA) is 129 Å². The van der Waals surface area contributed by atoms with Gasteiger partial charge >= 0.3 is 0 Å². The van der Waals surface area contributed by atoms with Gasteiger partial charge < -0.3 is 35.6 Å². The van der Waals surface area contributed by atoms with Crippen LogP contribution in [0.3, 0.4) is 0 Å². The molecule has 44 heavy (non-hydrogen) atoms. The highest BCUT2D eigenvalue weighted by molar-refractivity contribution is 6.00. The quantitative estimate of drug-likeness (QED) is 0.237. The minimum Gasteiger partial charge on any atom is -0.494 e. The fraction of sp³-hybridized carbons (Fsp3) is 0.382. The molecule has 226 valence electrons. The van der Waals surface area contributed by atoms with Crippen LogP contribution in [0, 0.1) is 11.8 Å². The normalized spacial score (nSPS) is 21.1. The third-order valence-electron chi connectivity index (χ3n) is 9.86. The number of anilines is 2. The van der Waals surface area contributed by atoms with Gasteiger partial charge in [-0.25, -0.2) is 9.97 Å². The second-order valence-electron chi connectivity index (χ2n) is 12.7. The van der Waals surface area contributed by atoms with Gasteiger partial charge in [0, 0.05) is 55.4 Å². The van der Waals surface area contributed by atoms with Crippen LogP contribution in [0.2, 0.25) is 0 Å². The first-order chi connectivity index (χ1) is 21.4. The van der Waals surface area contributed by atoms with Crippen molar-refractivity contribution < 1.29 is 9.53 Å². The van der Waals surface area contributed by atoms with E-state index in [1.165, 1.54) is 12.8 Å². The lowest BCUT2D eigenvalue weighted by molar-refractivity contribution is 0.0700. The maximum Gasteiger partial charge on any atom is 0.254 e. The largest absolute Gasteiger partial charge is 0.494 e. The Hall–Kier alpha value is -4.41. The van der Waals surface area contributed by atoms with Gasteiger partial charge in [-0.2, -0.15) is 0 Å². The lowest BCUT2D eigenvalue weighted by atomic mass is 10.1. The summed E-state index contributed by atoms with van der Waals surface area (Å²) < 4.78 is 10.2. The number of hydrogen-bond donors (Lipinski definition) is 3. The van der Waals surface area contributed by atoms with Gasteiger partial charge in [0.1, 0.15) is 22.7 Å². The number of aryl methyl sites for hydroxylation is 1. The monoisotopic (exact) mass is 590 g/mol. The molecule has 2 bridgehead atoms. The molecule has 0 unspecified atom stereocenters. The van der Waals surface area contributed by atoms with Gasteiger partial charge in [-0.3, -0.25) is 4.79 Å². The number of carbonyl (C=O) groups excluding carboxylic acids is 1. The number of imidazole rings is 1. The molecule has 1 aliphatic heterocycles. The summed E-state index contributed by atoms with van der Waals surface area (Å²) in [5.41, 5.74) is 18.4. The molecule has 2 aliphatic carbocycles. The number of ether oxygens (including phenoxy) is 1. The molecule has 3 aliphatic rings. The van der Waals surface area contributed by atoms with Crippen LogP contribution in [0.25, 0.3) is 33.6 Å². The van der Waals surface area contributed by atoms with E-state index in [2.05, 4.69) is 32.7 Å². The van der Waals surface area contributed by atoms with Gasteiger partial charge in [-0.15, -0.1) is 0 Å². The average Bonchev–Trinajstić information content (AvgIpc) is 3.45. The predicted octanol–water partition coefficient (Wildman–Crippen LogP) is 4.77. The molecule has 0 spiro atoms. The van der Waals surface area contributed by atoms with Crippen molar-refractivity contribution in [1.82, 2.24) is 24.0 Å². The Morgan fingerprint density at radius 2 is 1.93 bits per heavy atom. The highest BCUT2D eigenvalue weighted by atomic mass is 16.5. The summed E-state index contributed by atoms with van der Waals surface area (Å²) in [6, 6.07) is 18.3. The summed E-state index contributed by atoms with van der Waals surface area (Å²) in [6.07, 6.45) is 4.51. The predicted molar refractivity (Wildman–Crippen MR) is 172 cm³/mol. The lowest BCUT2D eigenvalue weighted by Gasteiger charge is -2.27. The maximum absolute atomic E-state index is 13.7. The molecule has 10 nitrogen and oxygen atoms in total. The van der Waals surface area contributed by atoms with Crippen LogP contribution < -0.4 is 21.5 Å². The van der Waals surface area contributed by atoms with Crippen molar-refractivity contribution in [2.45, 2.75) is 50.9 Å². The van der Waals surface area contributed by atoms with Gasteiger partial charge in [0.15, 0.2) is 5.82 Å². The van der Waals surface area contributed by atoms with Crippen LogP contribution in [-0.2, 0) is 20.1 Å². The van der Waals surface area contributed by atoms with E-state index in [0.717, 1.165) is 76.6 Å². The van der Waals surface area contributed by atoms with Crippen molar-refractivity contribution in [1.29, 1.82) is 0 Å². The Balaban J connectivity index is 1.20. The van der Waals surface area contributed by atoms with Gasteiger partial charge in [0.25, 0.3) is 5.91 Å². The molecule has 0 radical (unpaired) electrons. The third-order valence-corrected chi connectivity index (χ3v) is 9.86. The van der Waals surface area contributed by atoms with Crippen LogP contribution in [0.1, 0.15) is 41.6 Å². The molecule has 3 atom stereocenters. The number of pyridine rings is 1. The molecule has 3 fully saturated rings. The van der Waals surface area contributed by atoms with Crippen LogP contribution >= 0.6 is 0 Å². The molecule has 5 aromatic rings. The number of nitrogens with one attached hydrogen (secondary N) is 1. The first-order valence-corrected chi connectivity index (χ1v) is 15.6. The SMILES string of the molecule is COc1cc(C(=O)N2C[C@H]3CC[C@@H]2[C@@H]3N)cc2nc(-c3cc4ccc(Nc5cccc(CN)c5)nc4n3CC3CC3)n(C)c12. The lowest BCUT2D eigenvalue weighted by Crippen LogP contribution is -2.41. The van der Waals surface area contributed by atoms with Gasteiger partial charge in [0.05, 0.1) is 18.3 Å². The van der Waals surface area contributed by atoms with E-state index >= 15 is 0 Å². The summed E-state index contributed by atoms with van der Waals surface area (Å²) in [6.45, 7) is 2.09.